The highest BCUT2D eigenvalue weighted by molar-refractivity contribution is 5.81. The molecule has 0 radical (unpaired) electrons. The van der Waals surface area contributed by atoms with Crippen molar-refractivity contribution in [1.82, 2.24) is 9.88 Å². The molecule has 100 valence electrons. The van der Waals surface area contributed by atoms with Gasteiger partial charge < -0.3 is 10.5 Å². The number of fused-ring (bicyclic) bond motifs is 1. The van der Waals surface area contributed by atoms with Gasteiger partial charge in [-0.1, -0.05) is 24.3 Å². The molecule has 3 rings (SSSR count). The van der Waals surface area contributed by atoms with E-state index in [4.69, 9.17) is 10.5 Å². The lowest BCUT2D eigenvalue weighted by Gasteiger charge is -2.34. The minimum Gasteiger partial charge on any atom is -0.378 e. The van der Waals surface area contributed by atoms with Crippen LogP contribution in [0.5, 0.6) is 0 Å². The third-order valence-electron chi connectivity index (χ3n) is 3.71. The summed E-state index contributed by atoms with van der Waals surface area (Å²) in [5.74, 6) is 0. The summed E-state index contributed by atoms with van der Waals surface area (Å²) in [6, 6.07) is 10.7. The molecule has 2 N–H and O–H groups in total. The molecule has 0 saturated carbocycles. The van der Waals surface area contributed by atoms with Crippen LogP contribution >= 0.6 is 0 Å². The highest BCUT2D eigenvalue weighted by Crippen LogP contribution is 2.19. The second-order valence-corrected chi connectivity index (χ2v) is 4.93. The summed E-state index contributed by atoms with van der Waals surface area (Å²) in [6.45, 7) is 3.98. The van der Waals surface area contributed by atoms with Gasteiger partial charge in [-0.3, -0.25) is 9.88 Å². The minimum absolute atomic E-state index is 0.313. The third kappa shape index (κ3) is 2.61. The van der Waals surface area contributed by atoms with Gasteiger partial charge in [0, 0.05) is 37.3 Å². The van der Waals surface area contributed by atoms with Gasteiger partial charge in [0.05, 0.1) is 18.7 Å². The number of ether oxygens (including phenoxy) is 1. The highest BCUT2D eigenvalue weighted by Gasteiger charge is 2.22. The molecule has 1 aromatic carbocycles. The number of nitrogens with two attached hydrogens (primary N) is 1. The van der Waals surface area contributed by atoms with E-state index in [1.165, 1.54) is 10.9 Å². The standard InChI is InChI=1S/C15H19N3O/c16-9-14-11-19-8-7-18(14)10-13-4-1-3-12-5-2-6-17-15(12)13/h1-6,14H,7-11,16H2. The van der Waals surface area contributed by atoms with Gasteiger partial charge in [0.15, 0.2) is 0 Å². The molecule has 4 nitrogen and oxygen atoms in total. The molecule has 1 unspecified atom stereocenters. The van der Waals surface area contributed by atoms with Crippen LogP contribution in [0.2, 0.25) is 0 Å². The van der Waals surface area contributed by atoms with Gasteiger partial charge in [-0.25, -0.2) is 0 Å². The first kappa shape index (κ1) is 12.5. The van der Waals surface area contributed by atoms with Crippen LogP contribution in [0, 0.1) is 0 Å². The molecular formula is C15H19N3O. The van der Waals surface area contributed by atoms with Crippen molar-refractivity contribution >= 4 is 10.9 Å². The maximum Gasteiger partial charge on any atom is 0.0746 e. The van der Waals surface area contributed by atoms with Crippen molar-refractivity contribution < 1.29 is 4.74 Å². The van der Waals surface area contributed by atoms with E-state index in [9.17, 15) is 0 Å². The molecule has 0 aliphatic carbocycles. The Morgan fingerprint density at radius 3 is 3.11 bits per heavy atom. The lowest BCUT2D eigenvalue weighted by molar-refractivity contribution is -0.00776. The van der Waals surface area contributed by atoms with E-state index in [0.717, 1.165) is 31.8 Å². The van der Waals surface area contributed by atoms with Crippen LogP contribution in [0.25, 0.3) is 10.9 Å². The number of morpholine rings is 1. The Morgan fingerprint density at radius 2 is 2.21 bits per heavy atom. The van der Waals surface area contributed by atoms with Crippen molar-refractivity contribution in [3.63, 3.8) is 0 Å². The molecule has 1 fully saturated rings. The predicted octanol–water partition coefficient (Wildman–Crippen LogP) is 1.39. The first-order chi connectivity index (χ1) is 9.38. The van der Waals surface area contributed by atoms with E-state index in [1.54, 1.807) is 0 Å². The van der Waals surface area contributed by atoms with Crippen molar-refractivity contribution in [3.05, 3.63) is 42.1 Å². The summed E-state index contributed by atoms with van der Waals surface area (Å²) in [6.07, 6.45) is 1.85. The van der Waals surface area contributed by atoms with E-state index >= 15 is 0 Å². The fourth-order valence-corrected chi connectivity index (χ4v) is 2.63. The van der Waals surface area contributed by atoms with Crippen LogP contribution in [-0.4, -0.2) is 42.2 Å². The Labute approximate surface area is 113 Å². The fourth-order valence-electron chi connectivity index (χ4n) is 2.63. The highest BCUT2D eigenvalue weighted by atomic mass is 16.5. The van der Waals surface area contributed by atoms with Gasteiger partial charge in [0.2, 0.25) is 0 Å². The fraction of sp³-hybridized carbons (Fsp3) is 0.400. The first-order valence-corrected chi connectivity index (χ1v) is 6.73. The van der Waals surface area contributed by atoms with Gasteiger partial charge in [0.25, 0.3) is 0 Å². The summed E-state index contributed by atoms with van der Waals surface area (Å²) in [5, 5.41) is 1.19. The zero-order valence-corrected chi connectivity index (χ0v) is 11.0. The lowest BCUT2D eigenvalue weighted by Crippen LogP contribution is -2.48. The normalized spacial score (nSPS) is 20.8. The van der Waals surface area contributed by atoms with Crippen LogP contribution in [-0.2, 0) is 11.3 Å². The predicted molar refractivity (Wildman–Crippen MR) is 75.8 cm³/mol. The average molecular weight is 257 g/mol. The van der Waals surface area contributed by atoms with Gasteiger partial charge in [0.1, 0.15) is 0 Å². The summed E-state index contributed by atoms with van der Waals surface area (Å²) >= 11 is 0. The molecule has 1 aliphatic heterocycles. The molecule has 1 saturated heterocycles. The van der Waals surface area contributed by atoms with E-state index in [1.807, 2.05) is 12.3 Å². The number of para-hydroxylation sites is 1. The van der Waals surface area contributed by atoms with E-state index in [0.29, 0.717) is 12.6 Å². The summed E-state index contributed by atoms with van der Waals surface area (Å²) in [7, 11) is 0. The van der Waals surface area contributed by atoms with Crippen LogP contribution < -0.4 is 5.73 Å². The lowest BCUT2D eigenvalue weighted by atomic mass is 10.1. The minimum atomic E-state index is 0.313. The molecule has 1 aliphatic rings. The summed E-state index contributed by atoms with van der Waals surface area (Å²) in [5.41, 5.74) is 8.18. The smallest absolute Gasteiger partial charge is 0.0746 e. The van der Waals surface area contributed by atoms with Gasteiger partial charge in [-0.15, -0.1) is 0 Å². The van der Waals surface area contributed by atoms with Crippen LogP contribution in [0.15, 0.2) is 36.5 Å². The maximum atomic E-state index is 5.82. The Balaban J connectivity index is 1.88. The van der Waals surface area contributed by atoms with Crippen molar-refractivity contribution in [2.24, 2.45) is 5.73 Å². The molecular weight excluding hydrogens is 238 g/mol. The Bertz CT molecular complexity index is 553. The Morgan fingerprint density at radius 1 is 1.32 bits per heavy atom. The molecule has 0 amide bonds. The van der Waals surface area contributed by atoms with Gasteiger partial charge in [-0.05, 0) is 11.6 Å². The summed E-state index contributed by atoms with van der Waals surface area (Å²) in [4.78, 5) is 6.90. The monoisotopic (exact) mass is 257 g/mol. The third-order valence-corrected chi connectivity index (χ3v) is 3.71. The number of rotatable bonds is 3. The van der Waals surface area contributed by atoms with Crippen molar-refractivity contribution in [2.75, 3.05) is 26.3 Å². The second kappa shape index (κ2) is 5.65. The van der Waals surface area contributed by atoms with Crippen molar-refractivity contribution in [1.29, 1.82) is 0 Å². The molecule has 1 atom stereocenters. The quantitative estimate of drug-likeness (QED) is 0.903. The largest absolute Gasteiger partial charge is 0.378 e. The number of hydrogen-bond donors (Lipinski definition) is 1. The molecule has 2 aromatic rings. The van der Waals surface area contributed by atoms with E-state index in [2.05, 4.69) is 34.1 Å². The summed E-state index contributed by atoms with van der Waals surface area (Å²) < 4.78 is 5.49. The van der Waals surface area contributed by atoms with Crippen molar-refractivity contribution in [2.45, 2.75) is 12.6 Å². The molecule has 2 heterocycles. The molecule has 1 aromatic heterocycles. The number of aromatic nitrogens is 1. The number of nitrogens with zero attached hydrogens (tertiary/aromatic N) is 2. The molecule has 4 heteroatoms. The van der Waals surface area contributed by atoms with Crippen LogP contribution in [0.4, 0.5) is 0 Å². The zero-order chi connectivity index (χ0) is 13.1. The van der Waals surface area contributed by atoms with E-state index < -0.39 is 0 Å². The second-order valence-electron chi connectivity index (χ2n) is 4.93. The average Bonchev–Trinajstić information content (AvgIpc) is 2.48. The van der Waals surface area contributed by atoms with E-state index in [-0.39, 0.29) is 0 Å². The molecule has 0 bridgehead atoms. The van der Waals surface area contributed by atoms with Gasteiger partial charge >= 0.3 is 0 Å². The number of benzene rings is 1. The number of pyridine rings is 1. The Hall–Kier alpha value is -1.49. The zero-order valence-electron chi connectivity index (χ0n) is 11.0. The topological polar surface area (TPSA) is 51.4 Å². The van der Waals surface area contributed by atoms with Crippen LogP contribution in [0.1, 0.15) is 5.56 Å². The van der Waals surface area contributed by atoms with Gasteiger partial charge in [-0.2, -0.15) is 0 Å². The Kier molecular flexibility index (Phi) is 3.73. The SMILES string of the molecule is NCC1COCCN1Cc1cccc2cccnc12. The maximum absolute atomic E-state index is 5.82. The number of hydrogen-bond acceptors (Lipinski definition) is 4. The molecule has 19 heavy (non-hydrogen) atoms. The molecule has 0 spiro atoms. The van der Waals surface area contributed by atoms with Crippen molar-refractivity contribution in [3.8, 4) is 0 Å². The first-order valence-electron chi connectivity index (χ1n) is 6.73. The van der Waals surface area contributed by atoms with Crippen LogP contribution in [0.3, 0.4) is 0 Å².